The number of rotatable bonds is 12. The van der Waals surface area contributed by atoms with Gasteiger partial charge in [0.25, 0.3) is 0 Å². The first kappa shape index (κ1) is 41.9. The lowest BCUT2D eigenvalue weighted by molar-refractivity contribution is -0.323. The molecule has 11 N–H and O–H groups in total. The summed E-state index contributed by atoms with van der Waals surface area (Å²) in [5.74, 6) is -3.19. The van der Waals surface area contributed by atoms with Gasteiger partial charge in [-0.1, -0.05) is 0 Å². The fraction of sp³-hybridized carbons (Fsp3) is 0.368. The lowest BCUT2D eigenvalue weighted by Gasteiger charge is -2.42. The smallest absolute Gasteiger partial charge is 0.402 e. The van der Waals surface area contributed by atoms with E-state index in [1.807, 2.05) is 0 Å². The second kappa shape index (κ2) is 17.4. The molecule has 0 saturated carbocycles. The number of hydrogen-bond acceptors (Lipinski definition) is 19. The van der Waals surface area contributed by atoms with Crippen LogP contribution in [0.5, 0.6) is 46.0 Å². The van der Waals surface area contributed by atoms with E-state index in [2.05, 4.69) is 0 Å². The Morgan fingerprint density at radius 1 is 0.690 bits per heavy atom. The number of carbonyl (C=O) groups excluding carboxylic acids is 1. The molecule has 3 aromatic carbocycles. The highest BCUT2D eigenvalue weighted by Crippen LogP contribution is 2.42. The van der Waals surface area contributed by atoms with Gasteiger partial charge in [0.05, 0.1) is 32.5 Å². The minimum atomic E-state index is -1.93. The van der Waals surface area contributed by atoms with Crippen molar-refractivity contribution in [2.45, 2.75) is 61.4 Å². The molecule has 2 aliphatic heterocycles. The number of ether oxygens (including phenoxy) is 7. The Morgan fingerprint density at radius 3 is 1.95 bits per heavy atom. The topological polar surface area (TPSA) is 316 Å². The van der Waals surface area contributed by atoms with E-state index in [0.717, 1.165) is 24.3 Å². The van der Waals surface area contributed by atoms with Crippen molar-refractivity contribution in [2.24, 2.45) is 0 Å². The Hall–Kier alpha value is -5.68. The summed E-state index contributed by atoms with van der Waals surface area (Å²) >= 11 is 0. The number of fused-ring (bicyclic) bond motifs is 1. The number of hydrogen-bond donors (Lipinski definition) is 11. The maximum Gasteiger partial charge on any atom is 0.402 e. The number of methoxy groups -OCH3 is 2. The van der Waals surface area contributed by atoms with Crippen LogP contribution in [0.25, 0.3) is 28.4 Å². The van der Waals surface area contributed by atoms with Crippen LogP contribution in [-0.4, -0.2) is 151 Å². The highest BCUT2D eigenvalue weighted by Gasteiger charge is 2.48. The van der Waals surface area contributed by atoms with Crippen molar-refractivity contribution in [2.75, 3.05) is 27.4 Å². The van der Waals surface area contributed by atoms with Crippen LogP contribution in [0.4, 0.5) is 0 Å². The van der Waals surface area contributed by atoms with Gasteiger partial charge in [-0.2, -0.15) is 0 Å². The third-order valence-electron chi connectivity index (χ3n) is 9.36. The Labute approximate surface area is 327 Å². The number of aliphatic hydroxyl groups is 6. The molecule has 3 heterocycles. The van der Waals surface area contributed by atoms with Gasteiger partial charge in [-0.3, -0.25) is 0 Å². The SMILES string of the molecule is COc1cc(C=CC(=O)OCC2OC(OCC3OC(Oc4cc5c(O)cc(O)cc5[o+]c4-c4ccc(O)c(O)c4)C(O)C(O)C3O)C(O)C(O)C2O)cc(OC)c1O. The lowest BCUT2D eigenvalue weighted by atomic mass is 9.98. The highest BCUT2D eigenvalue weighted by atomic mass is 16.7. The number of aliphatic hydroxyl groups excluding tert-OH is 6. The molecule has 10 atom stereocenters. The van der Waals surface area contributed by atoms with Crippen molar-refractivity contribution in [3.05, 3.63) is 60.2 Å². The average Bonchev–Trinajstić information content (AvgIpc) is 3.20. The summed E-state index contributed by atoms with van der Waals surface area (Å²) in [6.45, 7) is -1.32. The number of phenolic OH excluding ortho intramolecular Hbond substituents is 5. The number of esters is 1. The largest absolute Gasteiger partial charge is 0.507 e. The van der Waals surface area contributed by atoms with Gasteiger partial charge in [0.1, 0.15) is 72.3 Å². The lowest BCUT2D eigenvalue weighted by Crippen LogP contribution is -2.62. The van der Waals surface area contributed by atoms with Crippen molar-refractivity contribution < 1.29 is 98.5 Å². The summed E-state index contributed by atoms with van der Waals surface area (Å²) < 4.78 is 44.1. The first-order chi connectivity index (χ1) is 27.6. The predicted molar refractivity (Wildman–Crippen MR) is 194 cm³/mol. The molecular formula is C38H41O20+. The monoisotopic (exact) mass is 817 g/mol. The van der Waals surface area contributed by atoms with E-state index in [4.69, 9.17) is 37.6 Å². The van der Waals surface area contributed by atoms with Gasteiger partial charge in [0, 0.05) is 24.3 Å². The second-order valence-corrected chi connectivity index (χ2v) is 13.2. The molecule has 2 fully saturated rings. The molecule has 0 radical (unpaired) electrons. The number of benzene rings is 3. The van der Waals surface area contributed by atoms with E-state index in [1.165, 1.54) is 50.6 Å². The van der Waals surface area contributed by atoms with Crippen molar-refractivity contribution in [1.29, 1.82) is 0 Å². The van der Waals surface area contributed by atoms with E-state index in [1.54, 1.807) is 0 Å². The van der Waals surface area contributed by atoms with Crippen LogP contribution < -0.4 is 14.2 Å². The molecule has 4 aromatic rings. The first-order valence-corrected chi connectivity index (χ1v) is 17.4. The molecule has 58 heavy (non-hydrogen) atoms. The van der Waals surface area contributed by atoms with E-state index in [9.17, 15) is 61.0 Å². The van der Waals surface area contributed by atoms with E-state index >= 15 is 0 Å². The molecule has 2 aliphatic rings. The number of aromatic hydroxyl groups is 5. The van der Waals surface area contributed by atoms with Gasteiger partial charge in [-0.05, 0) is 35.9 Å². The van der Waals surface area contributed by atoms with E-state index < -0.39 is 97.8 Å². The molecule has 312 valence electrons. The third kappa shape index (κ3) is 8.74. The highest BCUT2D eigenvalue weighted by molar-refractivity contribution is 5.89. The summed E-state index contributed by atoms with van der Waals surface area (Å²) in [6.07, 6.45) is -15.3. The number of phenols is 5. The molecule has 0 spiro atoms. The molecule has 10 unspecified atom stereocenters. The summed E-state index contributed by atoms with van der Waals surface area (Å²) in [4.78, 5) is 12.5. The summed E-state index contributed by atoms with van der Waals surface area (Å²) in [5, 5.41) is 115. The molecule has 0 bridgehead atoms. The summed E-state index contributed by atoms with van der Waals surface area (Å²) in [5.41, 5.74) is 0.464. The van der Waals surface area contributed by atoms with Crippen LogP contribution >= 0.6 is 0 Å². The Kier molecular flexibility index (Phi) is 12.6. The van der Waals surface area contributed by atoms with Crippen molar-refractivity contribution >= 4 is 23.0 Å². The van der Waals surface area contributed by atoms with Crippen LogP contribution in [-0.2, 0) is 23.7 Å². The maximum absolute atomic E-state index is 12.5. The molecule has 0 aliphatic carbocycles. The molecule has 6 rings (SSSR count). The van der Waals surface area contributed by atoms with E-state index in [0.29, 0.717) is 5.56 Å². The van der Waals surface area contributed by atoms with Crippen LogP contribution in [0.3, 0.4) is 0 Å². The van der Waals surface area contributed by atoms with Gasteiger partial charge >= 0.3 is 17.3 Å². The number of carbonyl (C=O) groups is 1. The molecule has 1 aromatic heterocycles. The van der Waals surface area contributed by atoms with Gasteiger partial charge in [0.2, 0.25) is 17.8 Å². The quantitative estimate of drug-likeness (QED) is 0.0393. The zero-order valence-corrected chi connectivity index (χ0v) is 30.6. The molecule has 20 heteroatoms. The van der Waals surface area contributed by atoms with Crippen LogP contribution in [0.1, 0.15) is 5.56 Å². The zero-order valence-electron chi connectivity index (χ0n) is 30.6. The molecule has 0 amide bonds. The second-order valence-electron chi connectivity index (χ2n) is 13.2. The molecule has 2 saturated heterocycles. The predicted octanol–water partition coefficient (Wildman–Crippen LogP) is 0.193. The fourth-order valence-electron chi connectivity index (χ4n) is 6.18. The van der Waals surface area contributed by atoms with Crippen LogP contribution in [0.2, 0.25) is 0 Å². The van der Waals surface area contributed by atoms with Gasteiger partial charge in [0.15, 0.2) is 29.3 Å². The van der Waals surface area contributed by atoms with Crippen LogP contribution in [0, 0.1) is 0 Å². The van der Waals surface area contributed by atoms with Gasteiger partial charge in [-0.15, -0.1) is 0 Å². The van der Waals surface area contributed by atoms with Crippen molar-refractivity contribution in [3.8, 4) is 57.3 Å². The first-order valence-electron chi connectivity index (χ1n) is 17.4. The fourth-order valence-corrected chi connectivity index (χ4v) is 6.18. The summed E-state index contributed by atoms with van der Waals surface area (Å²) in [7, 11) is 2.65. The summed E-state index contributed by atoms with van der Waals surface area (Å²) in [6, 6.07) is 9.89. The zero-order chi connectivity index (χ0) is 42.0. The molecular weight excluding hydrogens is 776 g/mol. The van der Waals surface area contributed by atoms with E-state index in [-0.39, 0.29) is 51.0 Å². The average molecular weight is 818 g/mol. The minimum absolute atomic E-state index is 0.0180. The van der Waals surface area contributed by atoms with Crippen molar-refractivity contribution in [1.82, 2.24) is 0 Å². The minimum Gasteiger partial charge on any atom is -0.507 e. The Morgan fingerprint density at radius 2 is 1.31 bits per heavy atom. The molecule has 20 nitrogen and oxygen atoms in total. The normalized spacial score (nSPS) is 27.4. The maximum atomic E-state index is 12.5. The van der Waals surface area contributed by atoms with Gasteiger partial charge < -0.3 is 89.3 Å². The van der Waals surface area contributed by atoms with Crippen molar-refractivity contribution in [3.63, 3.8) is 0 Å². The Bertz CT molecular complexity index is 2120. The van der Waals surface area contributed by atoms with Gasteiger partial charge in [-0.25, -0.2) is 9.21 Å². The Balaban J connectivity index is 1.14. The third-order valence-corrected chi connectivity index (χ3v) is 9.36. The standard InChI is InChI=1S/C38H40O20/c1-51-23-7-15(8-24(52-2)29(23)44)3-6-28(43)53-13-26-30(45)32(47)34(49)37(57-26)54-14-27-31(46)33(48)35(50)38(58-27)56-25-12-18-20(41)10-17(39)11-22(18)55-36(25)16-4-5-19(40)21(42)9-16/h3-12,26-27,30-35,37-38,45-50H,13-14H2,1-2H3,(H4-,39,40,41,42,43,44)/p+1. The van der Waals surface area contributed by atoms with Crippen LogP contribution in [0.15, 0.2) is 59.0 Å².